The second-order valence-electron chi connectivity index (χ2n) is 4.85. The monoisotopic (exact) mass is 297 g/mol. The van der Waals surface area contributed by atoms with E-state index in [9.17, 15) is 9.18 Å². The van der Waals surface area contributed by atoms with E-state index in [1.807, 2.05) is 0 Å². The highest BCUT2D eigenvalue weighted by molar-refractivity contribution is 6.02. The van der Waals surface area contributed by atoms with Crippen LogP contribution >= 0.6 is 0 Å². The van der Waals surface area contributed by atoms with Crippen molar-refractivity contribution in [2.24, 2.45) is 0 Å². The SMILES string of the molecule is C=CC(=O)Nc1cc(F)cc(-c2ccc(N)c(C(C)=N)c2)c1. The van der Waals surface area contributed by atoms with Crippen molar-refractivity contribution in [1.82, 2.24) is 0 Å². The minimum absolute atomic E-state index is 0.330. The minimum Gasteiger partial charge on any atom is -0.398 e. The van der Waals surface area contributed by atoms with E-state index in [4.69, 9.17) is 11.1 Å². The Bertz CT molecular complexity index is 768. The Morgan fingerprint density at radius 2 is 2.00 bits per heavy atom. The summed E-state index contributed by atoms with van der Waals surface area (Å²) in [5, 5.41) is 10.2. The highest BCUT2D eigenvalue weighted by Crippen LogP contribution is 2.27. The van der Waals surface area contributed by atoms with Crippen LogP contribution in [0.25, 0.3) is 11.1 Å². The van der Waals surface area contributed by atoms with Gasteiger partial charge < -0.3 is 16.5 Å². The fraction of sp³-hybridized carbons (Fsp3) is 0.0588. The van der Waals surface area contributed by atoms with E-state index in [2.05, 4.69) is 11.9 Å². The van der Waals surface area contributed by atoms with Gasteiger partial charge in [-0.15, -0.1) is 0 Å². The molecule has 2 aromatic rings. The van der Waals surface area contributed by atoms with E-state index in [1.165, 1.54) is 12.1 Å². The van der Waals surface area contributed by atoms with Crippen LogP contribution in [0.3, 0.4) is 0 Å². The van der Waals surface area contributed by atoms with Gasteiger partial charge in [0.25, 0.3) is 0 Å². The number of carbonyl (C=O) groups excluding carboxylic acids is 1. The zero-order chi connectivity index (χ0) is 16.3. The predicted octanol–water partition coefficient (Wildman–Crippen LogP) is 3.59. The largest absolute Gasteiger partial charge is 0.398 e. The van der Waals surface area contributed by atoms with E-state index < -0.39 is 11.7 Å². The van der Waals surface area contributed by atoms with Crippen molar-refractivity contribution in [3.05, 3.63) is 60.4 Å². The number of hydrogen-bond donors (Lipinski definition) is 3. The summed E-state index contributed by atoms with van der Waals surface area (Å²) in [5.74, 6) is -0.883. The topological polar surface area (TPSA) is 79.0 Å². The molecule has 0 fully saturated rings. The zero-order valence-electron chi connectivity index (χ0n) is 12.1. The summed E-state index contributed by atoms with van der Waals surface area (Å²) in [6.45, 7) is 4.99. The molecule has 0 heterocycles. The number of carbonyl (C=O) groups is 1. The molecule has 5 heteroatoms. The molecule has 0 atom stereocenters. The molecule has 1 amide bonds. The number of nitrogens with two attached hydrogens (primary N) is 1. The number of hydrogen-bond acceptors (Lipinski definition) is 3. The third-order valence-electron chi connectivity index (χ3n) is 3.14. The van der Waals surface area contributed by atoms with E-state index in [-0.39, 0.29) is 0 Å². The molecule has 0 saturated heterocycles. The molecular formula is C17H16FN3O. The molecule has 0 spiro atoms. The molecule has 4 nitrogen and oxygen atoms in total. The fourth-order valence-electron chi connectivity index (χ4n) is 2.08. The van der Waals surface area contributed by atoms with Crippen LogP contribution in [-0.2, 0) is 4.79 Å². The highest BCUT2D eigenvalue weighted by Gasteiger charge is 2.08. The lowest BCUT2D eigenvalue weighted by atomic mass is 9.99. The third kappa shape index (κ3) is 3.38. The molecule has 0 radical (unpaired) electrons. The van der Waals surface area contributed by atoms with E-state index in [0.29, 0.717) is 33.8 Å². The Hall–Kier alpha value is -2.95. The van der Waals surface area contributed by atoms with Gasteiger partial charge in [-0.2, -0.15) is 0 Å². The van der Waals surface area contributed by atoms with Crippen molar-refractivity contribution < 1.29 is 9.18 Å². The number of benzene rings is 2. The van der Waals surface area contributed by atoms with Crippen LogP contribution in [-0.4, -0.2) is 11.6 Å². The smallest absolute Gasteiger partial charge is 0.247 e. The van der Waals surface area contributed by atoms with Crippen LogP contribution in [0.1, 0.15) is 12.5 Å². The summed E-state index contributed by atoms with van der Waals surface area (Å²) in [4.78, 5) is 11.3. The molecule has 2 aromatic carbocycles. The van der Waals surface area contributed by atoms with Gasteiger partial charge in [-0.1, -0.05) is 12.6 Å². The van der Waals surface area contributed by atoms with Gasteiger partial charge in [0.15, 0.2) is 0 Å². The second-order valence-corrected chi connectivity index (χ2v) is 4.85. The molecule has 0 aliphatic heterocycles. The maximum absolute atomic E-state index is 13.8. The van der Waals surface area contributed by atoms with Gasteiger partial charge in [-0.25, -0.2) is 4.39 Å². The van der Waals surface area contributed by atoms with Crippen LogP contribution in [0.5, 0.6) is 0 Å². The molecule has 0 aliphatic rings. The fourth-order valence-corrected chi connectivity index (χ4v) is 2.08. The maximum Gasteiger partial charge on any atom is 0.247 e. The van der Waals surface area contributed by atoms with Crippen LogP contribution < -0.4 is 11.1 Å². The van der Waals surface area contributed by atoms with E-state index in [1.54, 1.807) is 31.2 Å². The third-order valence-corrected chi connectivity index (χ3v) is 3.14. The average Bonchev–Trinajstić information content (AvgIpc) is 2.46. The Labute approximate surface area is 128 Å². The lowest BCUT2D eigenvalue weighted by molar-refractivity contribution is -0.111. The van der Waals surface area contributed by atoms with Gasteiger partial charge in [0.05, 0.1) is 0 Å². The molecule has 0 aliphatic carbocycles. The van der Waals surface area contributed by atoms with Gasteiger partial charge in [-0.05, 0) is 54.5 Å². The Balaban J connectivity index is 2.48. The molecule has 0 unspecified atom stereocenters. The maximum atomic E-state index is 13.8. The average molecular weight is 297 g/mol. The summed E-state index contributed by atoms with van der Waals surface area (Å²) < 4.78 is 13.8. The molecular weight excluding hydrogens is 281 g/mol. The molecule has 112 valence electrons. The standard InChI is InChI=1S/C17H16FN3O/c1-3-17(22)21-14-7-12(6-13(18)9-14)11-4-5-16(20)15(8-11)10(2)19/h3-9,19H,1,20H2,2H3,(H,21,22). The van der Waals surface area contributed by atoms with Crippen LogP contribution in [0.15, 0.2) is 49.1 Å². The molecule has 0 aromatic heterocycles. The first-order valence-electron chi connectivity index (χ1n) is 6.60. The summed E-state index contributed by atoms with van der Waals surface area (Å²) in [6, 6.07) is 9.39. The summed E-state index contributed by atoms with van der Waals surface area (Å²) >= 11 is 0. The van der Waals surface area contributed by atoms with Crippen molar-refractivity contribution in [3.63, 3.8) is 0 Å². The second kappa shape index (κ2) is 6.22. The first-order chi connectivity index (χ1) is 10.4. The van der Waals surface area contributed by atoms with Crippen LogP contribution in [0.2, 0.25) is 0 Å². The van der Waals surface area contributed by atoms with Crippen molar-refractivity contribution >= 4 is 23.0 Å². The molecule has 0 bridgehead atoms. The summed E-state index contributed by atoms with van der Waals surface area (Å²) in [6.07, 6.45) is 1.12. The normalized spacial score (nSPS) is 10.1. The molecule has 2 rings (SSSR count). The zero-order valence-corrected chi connectivity index (χ0v) is 12.1. The molecule has 4 N–H and O–H groups in total. The first kappa shape index (κ1) is 15.4. The van der Waals surface area contributed by atoms with Crippen molar-refractivity contribution in [2.75, 3.05) is 11.1 Å². The van der Waals surface area contributed by atoms with Gasteiger partial charge in [0, 0.05) is 22.6 Å². The Kier molecular flexibility index (Phi) is 4.36. The summed E-state index contributed by atoms with van der Waals surface area (Å²) in [7, 11) is 0. The van der Waals surface area contributed by atoms with E-state index in [0.717, 1.165) is 6.08 Å². The van der Waals surface area contributed by atoms with E-state index >= 15 is 0 Å². The Morgan fingerprint density at radius 1 is 1.27 bits per heavy atom. The van der Waals surface area contributed by atoms with Gasteiger partial charge in [-0.3, -0.25) is 4.79 Å². The van der Waals surface area contributed by atoms with Gasteiger partial charge in [0.2, 0.25) is 5.91 Å². The predicted molar refractivity (Wildman–Crippen MR) is 87.6 cm³/mol. The van der Waals surface area contributed by atoms with Crippen LogP contribution in [0.4, 0.5) is 15.8 Å². The van der Waals surface area contributed by atoms with Crippen molar-refractivity contribution in [3.8, 4) is 11.1 Å². The molecule has 0 saturated carbocycles. The number of rotatable bonds is 4. The quantitative estimate of drug-likeness (QED) is 0.458. The van der Waals surface area contributed by atoms with Gasteiger partial charge in [0.1, 0.15) is 5.82 Å². The highest BCUT2D eigenvalue weighted by atomic mass is 19.1. The lowest BCUT2D eigenvalue weighted by Crippen LogP contribution is -2.07. The number of nitrogen functional groups attached to an aromatic ring is 1. The number of nitrogens with one attached hydrogen (secondary N) is 2. The number of anilines is 2. The van der Waals surface area contributed by atoms with Gasteiger partial charge >= 0.3 is 0 Å². The van der Waals surface area contributed by atoms with Crippen molar-refractivity contribution in [1.29, 1.82) is 5.41 Å². The van der Waals surface area contributed by atoms with Crippen molar-refractivity contribution in [2.45, 2.75) is 6.92 Å². The van der Waals surface area contributed by atoms with Crippen LogP contribution in [0, 0.1) is 11.2 Å². The summed E-state index contributed by atoms with van der Waals surface area (Å²) in [5.41, 5.74) is 8.88. The number of halogens is 1. The first-order valence-corrected chi connectivity index (χ1v) is 6.60. The number of amides is 1. The lowest BCUT2D eigenvalue weighted by Gasteiger charge is -2.10. The minimum atomic E-state index is -0.471. The Morgan fingerprint density at radius 3 is 2.64 bits per heavy atom. The molecule has 22 heavy (non-hydrogen) atoms.